The second-order valence-corrected chi connectivity index (χ2v) is 8.00. The van der Waals surface area contributed by atoms with E-state index in [1.807, 2.05) is 18.7 Å². The Balaban J connectivity index is 1.31. The fourth-order valence-corrected chi connectivity index (χ4v) is 4.16. The lowest BCUT2D eigenvalue weighted by Crippen LogP contribution is -2.49. The lowest BCUT2D eigenvalue weighted by Gasteiger charge is -2.35. The van der Waals surface area contributed by atoms with Crippen molar-refractivity contribution in [3.05, 3.63) is 29.2 Å². The van der Waals surface area contributed by atoms with Crippen molar-refractivity contribution in [3.8, 4) is 0 Å². The second kappa shape index (κ2) is 8.80. The highest BCUT2D eigenvalue weighted by Crippen LogP contribution is 2.20. The number of anilines is 2. The molecule has 29 heavy (non-hydrogen) atoms. The van der Waals surface area contributed by atoms with Gasteiger partial charge in [0.15, 0.2) is 11.6 Å². The lowest BCUT2D eigenvalue weighted by molar-refractivity contribution is -0.130. The zero-order chi connectivity index (χ0) is 20.2. The molecule has 0 aromatic carbocycles. The van der Waals surface area contributed by atoms with Gasteiger partial charge >= 0.3 is 0 Å². The number of carbonyl (C=O) groups is 1. The molecule has 8 heteroatoms. The van der Waals surface area contributed by atoms with Crippen molar-refractivity contribution in [1.29, 1.82) is 0 Å². The number of hydrogen-bond donors (Lipinski definition) is 0. The molecule has 0 N–H and O–H groups in total. The Hall–Kier alpha value is -2.64. The summed E-state index contributed by atoms with van der Waals surface area (Å²) in [5, 5.41) is 12.9. The van der Waals surface area contributed by atoms with Crippen LogP contribution in [0.1, 0.15) is 42.7 Å². The van der Waals surface area contributed by atoms with E-state index in [1.165, 1.54) is 25.7 Å². The van der Waals surface area contributed by atoms with Crippen molar-refractivity contribution >= 4 is 17.5 Å². The van der Waals surface area contributed by atoms with Gasteiger partial charge in [0.25, 0.3) is 0 Å². The molecule has 156 valence electrons. The van der Waals surface area contributed by atoms with Crippen LogP contribution in [0.2, 0.25) is 0 Å². The number of hydrogen-bond acceptors (Lipinski definition) is 7. The number of aryl methyl sites for hydroxylation is 2. The van der Waals surface area contributed by atoms with Crippen molar-refractivity contribution in [2.75, 3.05) is 49.1 Å². The molecular formula is C21H30N6O2. The number of carbonyl (C=O) groups excluding carboxylic acids is 1. The molecule has 8 nitrogen and oxygen atoms in total. The Morgan fingerprint density at radius 2 is 1.48 bits per heavy atom. The number of amides is 1. The Bertz CT molecular complexity index is 799. The fraction of sp³-hybridized carbons (Fsp3) is 0.619. The van der Waals surface area contributed by atoms with Crippen molar-refractivity contribution < 1.29 is 9.32 Å². The molecular weight excluding hydrogens is 368 g/mol. The van der Waals surface area contributed by atoms with Crippen LogP contribution in [0.4, 0.5) is 11.6 Å². The highest BCUT2D eigenvalue weighted by atomic mass is 16.5. The predicted octanol–water partition coefficient (Wildman–Crippen LogP) is 2.35. The molecule has 4 rings (SSSR count). The summed E-state index contributed by atoms with van der Waals surface area (Å²) in [6.45, 7) is 8.80. The highest BCUT2D eigenvalue weighted by molar-refractivity contribution is 5.79. The normalized spacial score (nSPS) is 18.1. The van der Waals surface area contributed by atoms with Gasteiger partial charge in [-0.3, -0.25) is 4.79 Å². The standard InChI is InChI=1S/C21H30N6O2/c1-16-18(17(2)29-24-16)15-21(28)27-13-11-26(12-14-27)20-8-7-19(22-23-20)25-9-5-3-4-6-10-25/h7-8H,3-6,9-15H2,1-2H3. The van der Waals surface area contributed by atoms with Crippen LogP contribution in [-0.4, -0.2) is 65.4 Å². The van der Waals surface area contributed by atoms with Gasteiger partial charge in [0.1, 0.15) is 5.76 Å². The molecule has 4 heterocycles. The van der Waals surface area contributed by atoms with Crippen LogP contribution in [0.5, 0.6) is 0 Å². The van der Waals surface area contributed by atoms with E-state index in [-0.39, 0.29) is 5.91 Å². The first kappa shape index (κ1) is 19.7. The van der Waals surface area contributed by atoms with E-state index in [1.54, 1.807) is 0 Å². The van der Waals surface area contributed by atoms with Crippen LogP contribution >= 0.6 is 0 Å². The van der Waals surface area contributed by atoms with Crippen molar-refractivity contribution in [1.82, 2.24) is 20.3 Å². The molecule has 0 aliphatic carbocycles. The van der Waals surface area contributed by atoms with Crippen LogP contribution in [-0.2, 0) is 11.2 Å². The Kier molecular flexibility index (Phi) is 5.97. The van der Waals surface area contributed by atoms with Gasteiger partial charge in [-0.15, -0.1) is 10.2 Å². The minimum absolute atomic E-state index is 0.127. The van der Waals surface area contributed by atoms with Crippen LogP contribution in [0.3, 0.4) is 0 Å². The van der Waals surface area contributed by atoms with E-state index >= 15 is 0 Å². The molecule has 0 atom stereocenters. The summed E-state index contributed by atoms with van der Waals surface area (Å²) in [5.41, 5.74) is 1.71. The van der Waals surface area contributed by atoms with E-state index in [9.17, 15) is 4.79 Å². The summed E-state index contributed by atoms with van der Waals surface area (Å²) in [7, 11) is 0. The molecule has 2 saturated heterocycles. The van der Waals surface area contributed by atoms with Crippen molar-refractivity contribution in [2.24, 2.45) is 0 Å². The van der Waals surface area contributed by atoms with E-state index in [0.29, 0.717) is 19.5 Å². The number of piperazine rings is 1. The smallest absolute Gasteiger partial charge is 0.227 e. The van der Waals surface area contributed by atoms with E-state index in [2.05, 4.69) is 37.3 Å². The Morgan fingerprint density at radius 1 is 0.897 bits per heavy atom. The van der Waals surface area contributed by atoms with E-state index in [0.717, 1.165) is 54.8 Å². The summed E-state index contributed by atoms with van der Waals surface area (Å²) < 4.78 is 5.17. The van der Waals surface area contributed by atoms with Gasteiger partial charge in [0.05, 0.1) is 12.1 Å². The maximum Gasteiger partial charge on any atom is 0.227 e. The van der Waals surface area contributed by atoms with Crippen LogP contribution in [0, 0.1) is 13.8 Å². The predicted molar refractivity (Wildman–Crippen MR) is 111 cm³/mol. The van der Waals surface area contributed by atoms with Crippen LogP contribution < -0.4 is 9.80 Å². The SMILES string of the molecule is Cc1noc(C)c1CC(=O)N1CCN(c2ccc(N3CCCCCC3)nn2)CC1. The van der Waals surface area contributed by atoms with Crippen molar-refractivity contribution in [3.63, 3.8) is 0 Å². The molecule has 0 radical (unpaired) electrons. The number of nitrogens with zero attached hydrogens (tertiary/aromatic N) is 6. The molecule has 0 bridgehead atoms. The van der Waals surface area contributed by atoms with E-state index < -0.39 is 0 Å². The highest BCUT2D eigenvalue weighted by Gasteiger charge is 2.24. The average Bonchev–Trinajstić information content (AvgIpc) is 2.95. The largest absolute Gasteiger partial charge is 0.361 e. The second-order valence-electron chi connectivity index (χ2n) is 8.00. The maximum absolute atomic E-state index is 12.7. The summed E-state index contributed by atoms with van der Waals surface area (Å²) in [6.07, 6.45) is 5.43. The Morgan fingerprint density at radius 3 is 2.00 bits per heavy atom. The quantitative estimate of drug-likeness (QED) is 0.782. The van der Waals surface area contributed by atoms with Crippen molar-refractivity contribution in [2.45, 2.75) is 46.0 Å². The molecule has 2 aliphatic rings. The summed E-state index contributed by atoms with van der Waals surface area (Å²) in [4.78, 5) is 19.1. The number of rotatable bonds is 4. The van der Waals surface area contributed by atoms with Gasteiger partial charge < -0.3 is 19.2 Å². The van der Waals surface area contributed by atoms with Crippen LogP contribution in [0.25, 0.3) is 0 Å². The summed E-state index contributed by atoms with van der Waals surface area (Å²) >= 11 is 0. The molecule has 0 unspecified atom stereocenters. The summed E-state index contributed by atoms with van der Waals surface area (Å²) in [5.74, 6) is 2.72. The zero-order valence-corrected chi connectivity index (χ0v) is 17.4. The van der Waals surface area contributed by atoms with Gasteiger partial charge in [0, 0.05) is 44.8 Å². The monoisotopic (exact) mass is 398 g/mol. The van der Waals surface area contributed by atoms with Gasteiger partial charge in [-0.2, -0.15) is 0 Å². The molecule has 0 spiro atoms. The van der Waals surface area contributed by atoms with E-state index in [4.69, 9.17) is 4.52 Å². The fourth-order valence-electron chi connectivity index (χ4n) is 4.16. The minimum Gasteiger partial charge on any atom is -0.361 e. The molecule has 2 aromatic rings. The van der Waals surface area contributed by atoms with Crippen LogP contribution in [0.15, 0.2) is 16.7 Å². The maximum atomic E-state index is 12.7. The molecule has 0 saturated carbocycles. The lowest BCUT2D eigenvalue weighted by atomic mass is 10.1. The van der Waals surface area contributed by atoms with Gasteiger partial charge in [-0.05, 0) is 38.8 Å². The average molecular weight is 399 g/mol. The first-order chi connectivity index (χ1) is 14.1. The minimum atomic E-state index is 0.127. The number of aromatic nitrogens is 3. The Labute approximate surface area is 171 Å². The third-order valence-electron chi connectivity index (χ3n) is 6.03. The molecule has 2 aromatic heterocycles. The first-order valence-electron chi connectivity index (χ1n) is 10.6. The molecule has 1 amide bonds. The third kappa shape index (κ3) is 4.52. The van der Waals surface area contributed by atoms with Gasteiger partial charge in [-0.1, -0.05) is 18.0 Å². The molecule has 2 fully saturated rings. The van der Waals surface area contributed by atoms with Gasteiger partial charge in [0.2, 0.25) is 5.91 Å². The molecule has 2 aliphatic heterocycles. The zero-order valence-electron chi connectivity index (χ0n) is 17.4. The first-order valence-corrected chi connectivity index (χ1v) is 10.6. The topological polar surface area (TPSA) is 78.6 Å². The third-order valence-corrected chi connectivity index (χ3v) is 6.03. The van der Waals surface area contributed by atoms with Gasteiger partial charge in [-0.25, -0.2) is 0 Å². The summed E-state index contributed by atoms with van der Waals surface area (Å²) in [6, 6.07) is 4.15.